The standard InChI is InChI=1S/C20H35N5/c1-6-21-20(22-14-19-15-24(4)12-13-25(19)5)23-17(3)16(2)18-10-8-7-9-11-18/h7-11,16-17,19H,6,12-15H2,1-5H3,(H2,21,22,23). The lowest BCUT2D eigenvalue weighted by atomic mass is 9.94. The molecule has 3 atom stereocenters. The molecule has 5 heteroatoms. The van der Waals surface area contributed by atoms with Gasteiger partial charge in [-0.05, 0) is 33.5 Å². The zero-order valence-corrected chi connectivity index (χ0v) is 16.5. The van der Waals surface area contributed by atoms with Crippen LogP contribution in [0.1, 0.15) is 32.3 Å². The van der Waals surface area contributed by atoms with Crippen LogP contribution in [-0.4, -0.2) is 74.7 Å². The lowest BCUT2D eigenvalue weighted by Crippen LogP contribution is -2.52. The van der Waals surface area contributed by atoms with Crippen molar-refractivity contribution in [3.05, 3.63) is 35.9 Å². The molecule has 2 rings (SSSR count). The molecule has 0 bridgehead atoms. The summed E-state index contributed by atoms with van der Waals surface area (Å²) < 4.78 is 0. The molecule has 1 aromatic rings. The number of nitrogens with one attached hydrogen (secondary N) is 2. The van der Waals surface area contributed by atoms with Gasteiger partial charge < -0.3 is 15.5 Å². The number of guanidine groups is 1. The molecule has 1 fully saturated rings. The van der Waals surface area contributed by atoms with E-state index in [9.17, 15) is 0 Å². The van der Waals surface area contributed by atoms with Crippen LogP contribution in [0.5, 0.6) is 0 Å². The van der Waals surface area contributed by atoms with Gasteiger partial charge in [-0.2, -0.15) is 0 Å². The number of rotatable bonds is 6. The highest BCUT2D eigenvalue weighted by Gasteiger charge is 2.22. The van der Waals surface area contributed by atoms with Crippen molar-refractivity contribution in [2.45, 2.75) is 38.8 Å². The maximum absolute atomic E-state index is 4.86. The van der Waals surface area contributed by atoms with Gasteiger partial charge in [-0.15, -0.1) is 0 Å². The second kappa shape index (κ2) is 9.78. The second-order valence-corrected chi connectivity index (χ2v) is 7.25. The Balaban J connectivity index is 1.96. The minimum absolute atomic E-state index is 0.312. The predicted molar refractivity (Wildman–Crippen MR) is 107 cm³/mol. The molecule has 25 heavy (non-hydrogen) atoms. The first-order chi connectivity index (χ1) is 12.0. The first-order valence-corrected chi connectivity index (χ1v) is 9.49. The summed E-state index contributed by atoms with van der Waals surface area (Å²) in [5, 5.41) is 6.98. The zero-order chi connectivity index (χ0) is 18.2. The van der Waals surface area contributed by atoms with Crippen LogP contribution in [0.3, 0.4) is 0 Å². The molecule has 0 aliphatic carbocycles. The highest BCUT2D eigenvalue weighted by atomic mass is 15.3. The molecule has 0 radical (unpaired) electrons. The number of hydrogen-bond acceptors (Lipinski definition) is 3. The Morgan fingerprint density at radius 1 is 1.20 bits per heavy atom. The van der Waals surface area contributed by atoms with Crippen molar-refractivity contribution >= 4 is 5.96 Å². The van der Waals surface area contributed by atoms with Crippen LogP contribution >= 0.6 is 0 Å². The van der Waals surface area contributed by atoms with E-state index in [0.717, 1.165) is 38.7 Å². The first-order valence-electron chi connectivity index (χ1n) is 9.49. The fourth-order valence-electron chi connectivity index (χ4n) is 3.20. The topological polar surface area (TPSA) is 42.9 Å². The van der Waals surface area contributed by atoms with Crippen molar-refractivity contribution in [1.82, 2.24) is 20.4 Å². The summed E-state index contributed by atoms with van der Waals surface area (Å²) in [4.78, 5) is 9.67. The minimum atomic E-state index is 0.312. The average Bonchev–Trinajstić information content (AvgIpc) is 2.62. The van der Waals surface area contributed by atoms with E-state index < -0.39 is 0 Å². The van der Waals surface area contributed by atoms with Crippen molar-refractivity contribution in [1.29, 1.82) is 0 Å². The SMILES string of the molecule is CCNC(=NCC1CN(C)CCN1C)NC(C)C(C)c1ccccc1. The monoisotopic (exact) mass is 345 g/mol. The summed E-state index contributed by atoms with van der Waals surface area (Å²) in [6.45, 7) is 11.6. The third kappa shape index (κ3) is 6.01. The Hall–Kier alpha value is -1.59. The van der Waals surface area contributed by atoms with Gasteiger partial charge in [-0.1, -0.05) is 37.3 Å². The van der Waals surface area contributed by atoms with Gasteiger partial charge in [0.2, 0.25) is 0 Å². The number of aliphatic imine (C=N–C) groups is 1. The number of likely N-dealkylation sites (N-methyl/N-ethyl adjacent to an activating group) is 2. The van der Waals surface area contributed by atoms with Gasteiger partial charge in [0.05, 0.1) is 6.54 Å². The molecule has 3 unspecified atom stereocenters. The maximum atomic E-state index is 4.86. The fourth-order valence-corrected chi connectivity index (χ4v) is 3.20. The van der Waals surface area contributed by atoms with Crippen molar-refractivity contribution < 1.29 is 0 Å². The average molecular weight is 346 g/mol. The van der Waals surface area contributed by atoms with Crippen molar-refractivity contribution in [2.24, 2.45) is 4.99 Å². The molecule has 1 aliphatic rings. The molecule has 1 saturated heterocycles. The minimum Gasteiger partial charge on any atom is -0.357 e. The Morgan fingerprint density at radius 2 is 1.92 bits per heavy atom. The number of hydrogen-bond donors (Lipinski definition) is 2. The Labute approximate surface area is 153 Å². The smallest absolute Gasteiger partial charge is 0.191 e. The Kier molecular flexibility index (Phi) is 7.72. The Bertz CT molecular complexity index is 530. The number of nitrogens with zero attached hydrogens (tertiary/aromatic N) is 3. The summed E-state index contributed by atoms with van der Waals surface area (Å²) >= 11 is 0. The van der Waals surface area contributed by atoms with Crippen LogP contribution in [0.25, 0.3) is 0 Å². The Morgan fingerprint density at radius 3 is 2.60 bits per heavy atom. The molecule has 1 aliphatic heterocycles. The molecular weight excluding hydrogens is 310 g/mol. The predicted octanol–water partition coefficient (Wildman–Crippen LogP) is 1.98. The summed E-state index contributed by atoms with van der Waals surface area (Å²) in [5.41, 5.74) is 1.35. The first kappa shape index (κ1) is 19.7. The van der Waals surface area contributed by atoms with Gasteiger partial charge in [0.25, 0.3) is 0 Å². The lowest BCUT2D eigenvalue weighted by molar-refractivity contribution is 0.119. The van der Waals surface area contributed by atoms with E-state index in [1.54, 1.807) is 0 Å². The lowest BCUT2D eigenvalue weighted by Gasteiger charge is -2.37. The highest BCUT2D eigenvalue weighted by molar-refractivity contribution is 5.80. The van der Waals surface area contributed by atoms with Gasteiger partial charge >= 0.3 is 0 Å². The van der Waals surface area contributed by atoms with Crippen molar-refractivity contribution in [3.8, 4) is 0 Å². The van der Waals surface area contributed by atoms with Crippen molar-refractivity contribution in [2.75, 3.05) is 46.8 Å². The zero-order valence-electron chi connectivity index (χ0n) is 16.5. The van der Waals surface area contributed by atoms with Crippen LogP contribution < -0.4 is 10.6 Å². The van der Waals surface area contributed by atoms with E-state index in [4.69, 9.17) is 4.99 Å². The van der Waals surface area contributed by atoms with E-state index in [-0.39, 0.29) is 0 Å². The molecule has 1 heterocycles. The molecule has 0 saturated carbocycles. The van der Waals surface area contributed by atoms with Gasteiger partial charge in [0.15, 0.2) is 5.96 Å². The maximum Gasteiger partial charge on any atom is 0.191 e. The van der Waals surface area contributed by atoms with Crippen LogP contribution in [0.15, 0.2) is 35.3 Å². The molecule has 0 aromatic heterocycles. The molecule has 140 valence electrons. The molecule has 1 aromatic carbocycles. The van der Waals surface area contributed by atoms with E-state index >= 15 is 0 Å². The summed E-state index contributed by atoms with van der Waals surface area (Å²) in [6.07, 6.45) is 0. The largest absolute Gasteiger partial charge is 0.357 e. The van der Waals surface area contributed by atoms with Crippen LogP contribution in [-0.2, 0) is 0 Å². The van der Waals surface area contributed by atoms with Crippen LogP contribution in [0.2, 0.25) is 0 Å². The van der Waals surface area contributed by atoms with E-state index in [1.165, 1.54) is 5.56 Å². The molecule has 0 amide bonds. The normalized spacial score (nSPS) is 22.4. The van der Waals surface area contributed by atoms with Gasteiger partial charge in [-0.25, -0.2) is 0 Å². The van der Waals surface area contributed by atoms with E-state index in [0.29, 0.717) is 18.0 Å². The third-order valence-electron chi connectivity index (χ3n) is 5.22. The quantitative estimate of drug-likeness (QED) is 0.611. The fraction of sp³-hybridized carbons (Fsp3) is 0.650. The van der Waals surface area contributed by atoms with Gasteiger partial charge in [0, 0.05) is 44.2 Å². The molecule has 2 N–H and O–H groups in total. The summed E-state index contributed by atoms with van der Waals surface area (Å²) in [5.74, 6) is 1.34. The second-order valence-electron chi connectivity index (χ2n) is 7.25. The van der Waals surface area contributed by atoms with Crippen LogP contribution in [0.4, 0.5) is 0 Å². The number of benzene rings is 1. The van der Waals surface area contributed by atoms with Crippen molar-refractivity contribution in [3.63, 3.8) is 0 Å². The summed E-state index contributed by atoms with van der Waals surface area (Å²) in [7, 11) is 4.39. The van der Waals surface area contributed by atoms with E-state index in [2.05, 4.69) is 85.6 Å². The molecule has 0 spiro atoms. The van der Waals surface area contributed by atoms with E-state index in [1.807, 2.05) is 0 Å². The number of piperazine rings is 1. The van der Waals surface area contributed by atoms with Gasteiger partial charge in [-0.3, -0.25) is 9.89 Å². The molecule has 5 nitrogen and oxygen atoms in total. The summed E-state index contributed by atoms with van der Waals surface area (Å²) in [6, 6.07) is 11.5. The van der Waals surface area contributed by atoms with Gasteiger partial charge in [0.1, 0.15) is 0 Å². The third-order valence-corrected chi connectivity index (χ3v) is 5.22. The van der Waals surface area contributed by atoms with Crippen LogP contribution in [0, 0.1) is 0 Å². The molecular formula is C20H35N5. The highest BCUT2D eigenvalue weighted by Crippen LogP contribution is 2.18.